The fourth-order valence-electron chi connectivity index (χ4n) is 2.25. The van der Waals surface area contributed by atoms with E-state index in [4.69, 9.17) is 14.6 Å². The molecule has 6 nitrogen and oxygen atoms in total. The molecule has 0 fully saturated rings. The lowest BCUT2D eigenvalue weighted by atomic mass is 10.0. The fraction of sp³-hybridized carbons (Fsp3) is 0.600. The van der Waals surface area contributed by atoms with Gasteiger partial charge in [0.25, 0.3) is 0 Å². The summed E-state index contributed by atoms with van der Waals surface area (Å²) in [5.41, 5.74) is 0.600. The number of carbonyl (C=O) groups is 2. The Bertz CT molecular complexity index is 597. The fourth-order valence-corrected chi connectivity index (χ4v) is 3.38. The Morgan fingerprint density at radius 1 is 1.19 bits per heavy atom. The van der Waals surface area contributed by atoms with Crippen LogP contribution in [0.3, 0.4) is 0 Å². The minimum absolute atomic E-state index is 0.0985. The summed E-state index contributed by atoms with van der Waals surface area (Å²) in [6.45, 7) is 7.59. The predicted octanol–water partition coefficient (Wildman–Crippen LogP) is 4.32. The lowest BCUT2D eigenvalue weighted by molar-refractivity contribution is -0.141. The van der Waals surface area contributed by atoms with Gasteiger partial charge in [0.05, 0.1) is 13.0 Å². The van der Waals surface area contributed by atoms with Crippen molar-refractivity contribution in [3.63, 3.8) is 0 Å². The first-order valence-corrected chi connectivity index (χ1v) is 10.1. The number of aliphatic carboxylic acids is 1. The highest BCUT2D eigenvalue weighted by atomic mass is 32.2. The zero-order valence-electron chi connectivity index (χ0n) is 16.8. The molecule has 7 heteroatoms. The summed E-state index contributed by atoms with van der Waals surface area (Å²) in [7, 11) is 1.63. The molecule has 1 amide bonds. The van der Waals surface area contributed by atoms with Gasteiger partial charge in [-0.05, 0) is 51.3 Å². The summed E-state index contributed by atoms with van der Waals surface area (Å²) in [5, 5.41) is 12.0. The molecule has 1 unspecified atom stereocenters. The number of carboxylic acids is 1. The Balaban J connectivity index is 2.60. The van der Waals surface area contributed by atoms with E-state index in [1.165, 1.54) is 0 Å². The second-order valence-electron chi connectivity index (χ2n) is 7.48. The van der Waals surface area contributed by atoms with Gasteiger partial charge in [-0.25, -0.2) is 4.79 Å². The maximum Gasteiger partial charge on any atom is 0.407 e. The van der Waals surface area contributed by atoms with Crippen molar-refractivity contribution in [1.29, 1.82) is 0 Å². The van der Waals surface area contributed by atoms with Crippen LogP contribution in [0, 0.1) is 5.92 Å². The number of thioether (sulfide) groups is 1. The maximum atomic E-state index is 11.9. The van der Waals surface area contributed by atoms with Crippen molar-refractivity contribution in [1.82, 2.24) is 5.32 Å². The lowest BCUT2D eigenvalue weighted by Gasteiger charge is -2.22. The first kappa shape index (κ1) is 23.1. The monoisotopic (exact) mass is 397 g/mol. The largest absolute Gasteiger partial charge is 0.497 e. The number of rotatable bonds is 10. The second kappa shape index (κ2) is 11.1. The van der Waals surface area contributed by atoms with Crippen molar-refractivity contribution in [2.24, 2.45) is 5.92 Å². The van der Waals surface area contributed by atoms with Gasteiger partial charge in [0, 0.05) is 17.5 Å². The highest BCUT2D eigenvalue weighted by Crippen LogP contribution is 2.24. The van der Waals surface area contributed by atoms with Crippen LogP contribution in [0.15, 0.2) is 24.3 Å². The Morgan fingerprint density at radius 2 is 1.81 bits per heavy atom. The van der Waals surface area contributed by atoms with Crippen molar-refractivity contribution in [2.75, 3.05) is 13.7 Å². The number of hydrogen-bond donors (Lipinski definition) is 2. The molecule has 0 aliphatic rings. The molecule has 2 N–H and O–H groups in total. The molecule has 27 heavy (non-hydrogen) atoms. The number of nitrogens with one attached hydrogen (secondary N) is 1. The van der Waals surface area contributed by atoms with Crippen LogP contribution >= 0.6 is 11.8 Å². The summed E-state index contributed by atoms with van der Waals surface area (Å²) in [4.78, 5) is 23.0. The summed E-state index contributed by atoms with van der Waals surface area (Å²) in [5.74, 6) is 0.373. The van der Waals surface area contributed by atoms with Gasteiger partial charge in [0.1, 0.15) is 11.4 Å². The number of alkyl carbamates (subject to hydrolysis) is 1. The first-order valence-electron chi connectivity index (χ1n) is 9.05. The average Bonchev–Trinajstić information content (AvgIpc) is 2.59. The van der Waals surface area contributed by atoms with E-state index in [2.05, 4.69) is 5.32 Å². The molecular weight excluding hydrogens is 366 g/mol. The predicted molar refractivity (Wildman–Crippen MR) is 108 cm³/mol. The Kier molecular flexibility index (Phi) is 9.49. The Labute approximate surface area is 166 Å². The smallest absolute Gasteiger partial charge is 0.407 e. The van der Waals surface area contributed by atoms with Crippen molar-refractivity contribution < 1.29 is 24.2 Å². The van der Waals surface area contributed by atoms with E-state index in [1.54, 1.807) is 25.8 Å². The van der Waals surface area contributed by atoms with Gasteiger partial charge in [0.2, 0.25) is 0 Å². The maximum absolute atomic E-state index is 11.9. The third-order valence-corrected chi connectivity index (χ3v) is 5.23. The van der Waals surface area contributed by atoms with Gasteiger partial charge in [-0.15, -0.1) is 0 Å². The van der Waals surface area contributed by atoms with Crippen LogP contribution in [-0.4, -0.2) is 41.7 Å². The van der Waals surface area contributed by atoms with Gasteiger partial charge in [-0.3, -0.25) is 4.79 Å². The van der Waals surface area contributed by atoms with Crippen molar-refractivity contribution in [3.05, 3.63) is 29.8 Å². The normalized spacial score (nSPS) is 13.5. The third kappa shape index (κ3) is 10.1. The van der Waals surface area contributed by atoms with Crippen molar-refractivity contribution >= 4 is 23.8 Å². The van der Waals surface area contributed by atoms with E-state index in [0.717, 1.165) is 17.1 Å². The van der Waals surface area contributed by atoms with E-state index in [1.807, 2.05) is 45.0 Å². The third-order valence-electron chi connectivity index (χ3n) is 3.86. The molecule has 0 aromatic heterocycles. The molecule has 0 aliphatic heterocycles. The summed E-state index contributed by atoms with van der Waals surface area (Å²) >= 11 is 1.70. The van der Waals surface area contributed by atoms with E-state index in [-0.39, 0.29) is 5.25 Å². The molecule has 0 radical (unpaired) electrons. The standard InChI is InChI=1S/C20H31NO5S/c1-14(18(22)23)6-11-17(12-21-19(24)26-20(2,3)4)27-13-15-7-9-16(25-5)10-8-15/h7-10,14,17H,6,11-13H2,1-5H3,(H,21,24)(H,22,23)/t14-,17?/m0/s1. The van der Waals surface area contributed by atoms with Gasteiger partial charge in [-0.1, -0.05) is 19.1 Å². The van der Waals surface area contributed by atoms with Crippen LogP contribution < -0.4 is 10.1 Å². The molecule has 0 saturated carbocycles. The minimum atomic E-state index is -0.797. The number of methoxy groups -OCH3 is 1. The Hall–Kier alpha value is -1.89. The molecule has 1 aromatic rings. The van der Waals surface area contributed by atoms with Crippen LogP contribution in [0.25, 0.3) is 0 Å². The molecule has 0 saturated heterocycles. The van der Waals surface area contributed by atoms with E-state index >= 15 is 0 Å². The molecule has 152 valence electrons. The highest BCUT2D eigenvalue weighted by molar-refractivity contribution is 7.99. The minimum Gasteiger partial charge on any atom is -0.497 e. The number of hydrogen-bond acceptors (Lipinski definition) is 5. The molecule has 0 heterocycles. The highest BCUT2D eigenvalue weighted by Gasteiger charge is 2.19. The summed E-state index contributed by atoms with van der Waals surface area (Å²) in [6.07, 6.45) is 0.805. The average molecular weight is 398 g/mol. The van der Waals surface area contributed by atoms with Crippen LogP contribution in [0.2, 0.25) is 0 Å². The SMILES string of the molecule is COc1ccc(CSC(CC[C@H](C)C(=O)O)CNC(=O)OC(C)(C)C)cc1. The van der Waals surface area contributed by atoms with E-state index in [0.29, 0.717) is 19.4 Å². The molecule has 0 bridgehead atoms. The molecule has 1 rings (SSSR count). The van der Waals surface area contributed by atoms with Gasteiger partial charge < -0.3 is 19.9 Å². The second-order valence-corrected chi connectivity index (χ2v) is 8.77. The van der Waals surface area contributed by atoms with Gasteiger partial charge in [-0.2, -0.15) is 11.8 Å². The van der Waals surface area contributed by atoms with Crippen LogP contribution in [0.1, 0.15) is 46.1 Å². The molecule has 0 aliphatic carbocycles. The number of ether oxygens (including phenoxy) is 2. The van der Waals surface area contributed by atoms with E-state index in [9.17, 15) is 9.59 Å². The summed E-state index contributed by atoms with van der Waals surface area (Å²) < 4.78 is 10.4. The van der Waals surface area contributed by atoms with Crippen LogP contribution in [0.5, 0.6) is 5.75 Å². The zero-order valence-corrected chi connectivity index (χ0v) is 17.6. The molecular formula is C20H31NO5S. The lowest BCUT2D eigenvalue weighted by Crippen LogP contribution is -2.36. The number of benzene rings is 1. The first-order chi connectivity index (χ1) is 12.6. The van der Waals surface area contributed by atoms with Crippen LogP contribution in [-0.2, 0) is 15.3 Å². The number of carbonyl (C=O) groups excluding carboxylic acids is 1. The Morgan fingerprint density at radius 3 is 2.33 bits per heavy atom. The van der Waals surface area contributed by atoms with Crippen molar-refractivity contribution in [2.45, 2.75) is 57.1 Å². The van der Waals surface area contributed by atoms with Gasteiger partial charge in [0.15, 0.2) is 0 Å². The molecule has 1 aromatic carbocycles. The topological polar surface area (TPSA) is 84.9 Å². The summed E-state index contributed by atoms with van der Waals surface area (Å²) in [6, 6.07) is 7.83. The number of amides is 1. The molecule has 2 atom stereocenters. The van der Waals surface area contributed by atoms with E-state index < -0.39 is 23.6 Å². The van der Waals surface area contributed by atoms with Gasteiger partial charge >= 0.3 is 12.1 Å². The van der Waals surface area contributed by atoms with Crippen molar-refractivity contribution in [3.8, 4) is 5.75 Å². The molecule has 0 spiro atoms. The van der Waals surface area contributed by atoms with Crippen LogP contribution in [0.4, 0.5) is 4.79 Å². The quantitative estimate of drug-likeness (QED) is 0.611. The zero-order chi connectivity index (χ0) is 20.4. The number of carboxylic acid groups (broad SMARTS) is 1.